The molecule has 0 amide bonds. The molecule has 42 heavy (non-hydrogen) atoms. The first kappa shape index (κ1) is 34.5. The standard InChI is InChI=1S/C32H44N6O.3ClH/c1-3-31-29-11-10-28(39-2)22-30(29)32(35-34-31)33-25-12-18-36(19-13-25)23-24-6-8-26(9-7-24)38-20-14-27(15-21-38)37-16-4-5-17-37;;;/h6-11,22,25,27H,3-5,12-21,23H2,1-2H3,(H,33,35);3*1H. The lowest BCUT2D eigenvalue weighted by Gasteiger charge is -2.38. The number of halogens is 3. The van der Waals surface area contributed by atoms with Crippen LogP contribution in [0.2, 0.25) is 0 Å². The molecule has 4 heterocycles. The van der Waals surface area contributed by atoms with Gasteiger partial charge in [0.15, 0.2) is 5.82 Å². The van der Waals surface area contributed by atoms with E-state index in [9.17, 15) is 0 Å². The summed E-state index contributed by atoms with van der Waals surface area (Å²) in [7, 11) is 1.71. The maximum absolute atomic E-state index is 5.49. The molecule has 3 saturated heterocycles. The number of fused-ring (bicyclic) bond motifs is 1. The highest BCUT2D eigenvalue weighted by atomic mass is 35.5. The third-order valence-corrected chi connectivity index (χ3v) is 9.16. The lowest BCUT2D eigenvalue weighted by molar-refractivity contribution is 0.208. The zero-order valence-electron chi connectivity index (χ0n) is 25.0. The van der Waals surface area contributed by atoms with Crippen LogP contribution in [0, 0.1) is 0 Å². The van der Waals surface area contributed by atoms with E-state index in [4.69, 9.17) is 4.74 Å². The fourth-order valence-corrected chi connectivity index (χ4v) is 6.78. The number of ether oxygens (including phenoxy) is 1. The third-order valence-electron chi connectivity index (χ3n) is 9.16. The van der Waals surface area contributed by atoms with Crippen LogP contribution < -0.4 is 15.0 Å². The van der Waals surface area contributed by atoms with Crippen molar-refractivity contribution in [2.24, 2.45) is 0 Å². The number of nitrogens with one attached hydrogen (secondary N) is 1. The SMILES string of the molecule is CCc1nnc(NC2CCN(Cc3ccc(N4CCC(N5CCCC5)CC4)cc3)CC2)c2cc(OC)ccc12.Cl.Cl.Cl. The van der Waals surface area contributed by atoms with Crippen LogP contribution in [0.4, 0.5) is 11.5 Å². The Hall–Kier alpha value is -2.03. The smallest absolute Gasteiger partial charge is 0.156 e. The summed E-state index contributed by atoms with van der Waals surface area (Å²) in [6.45, 7) is 10.3. The zero-order valence-corrected chi connectivity index (χ0v) is 27.4. The molecule has 10 heteroatoms. The van der Waals surface area contributed by atoms with Gasteiger partial charge in [-0.1, -0.05) is 19.1 Å². The number of hydrogen-bond acceptors (Lipinski definition) is 7. The number of benzene rings is 2. The molecule has 3 fully saturated rings. The van der Waals surface area contributed by atoms with Crippen molar-refractivity contribution in [2.45, 2.75) is 70.5 Å². The molecule has 6 rings (SSSR count). The van der Waals surface area contributed by atoms with Crippen LogP contribution >= 0.6 is 37.2 Å². The van der Waals surface area contributed by atoms with Gasteiger partial charge in [0.05, 0.1) is 12.8 Å². The molecule has 2 aromatic carbocycles. The number of aryl methyl sites for hydroxylation is 1. The molecule has 232 valence electrons. The lowest BCUT2D eigenvalue weighted by Crippen LogP contribution is -2.43. The Balaban J connectivity index is 0.00000161. The predicted octanol–water partition coefficient (Wildman–Crippen LogP) is 6.61. The normalized spacial score (nSPS) is 18.7. The Labute approximate surface area is 270 Å². The lowest BCUT2D eigenvalue weighted by atomic mass is 10.0. The van der Waals surface area contributed by atoms with Crippen molar-refractivity contribution < 1.29 is 4.74 Å². The molecule has 0 spiro atoms. The van der Waals surface area contributed by atoms with Gasteiger partial charge in [-0.25, -0.2) is 0 Å². The largest absolute Gasteiger partial charge is 0.497 e. The van der Waals surface area contributed by atoms with Crippen molar-refractivity contribution in [1.82, 2.24) is 20.0 Å². The highest BCUT2D eigenvalue weighted by Gasteiger charge is 2.26. The van der Waals surface area contributed by atoms with Crippen LogP contribution in [-0.4, -0.2) is 78.5 Å². The average molecular weight is 638 g/mol. The van der Waals surface area contributed by atoms with E-state index in [2.05, 4.69) is 73.5 Å². The Morgan fingerprint density at radius 3 is 2.14 bits per heavy atom. The molecule has 0 saturated carbocycles. The number of piperidine rings is 2. The second kappa shape index (κ2) is 16.2. The van der Waals surface area contributed by atoms with Gasteiger partial charge < -0.3 is 19.9 Å². The molecule has 0 radical (unpaired) electrons. The summed E-state index contributed by atoms with van der Waals surface area (Å²) in [6.07, 6.45) is 8.48. The van der Waals surface area contributed by atoms with Crippen molar-refractivity contribution in [2.75, 3.05) is 56.6 Å². The van der Waals surface area contributed by atoms with E-state index in [0.29, 0.717) is 6.04 Å². The summed E-state index contributed by atoms with van der Waals surface area (Å²) in [5.74, 6) is 1.73. The summed E-state index contributed by atoms with van der Waals surface area (Å²) >= 11 is 0. The molecule has 7 nitrogen and oxygen atoms in total. The van der Waals surface area contributed by atoms with Crippen molar-refractivity contribution in [3.63, 3.8) is 0 Å². The highest BCUT2D eigenvalue weighted by molar-refractivity contribution is 5.94. The van der Waals surface area contributed by atoms with E-state index in [1.54, 1.807) is 7.11 Å². The molecule has 3 aromatic rings. The Morgan fingerprint density at radius 2 is 1.50 bits per heavy atom. The number of anilines is 2. The van der Waals surface area contributed by atoms with E-state index < -0.39 is 0 Å². The van der Waals surface area contributed by atoms with E-state index in [-0.39, 0.29) is 37.2 Å². The minimum absolute atomic E-state index is 0. The van der Waals surface area contributed by atoms with Crippen LogP contribution in [0.1, 0.15) is 56.7 Å². The maximum atomic E-state index is 5.49. The fraction of sp³-hybridized carbons (Fsp3) is 0.562. The fourth-order valence-electron chi connectivity index (χ4n) is 6.78. The molecule has 0 unspecified atom stereocenters. The summed E-state index contributed by atoms with van der Waals surface area (Å²) in [5, 5.41) is 15.1. The number of rotatable bonds is 8. The molecule has 1 aromatic heterocycles. The van der Waals surface area contributed by atoms with Gasteiger partial charge in [-0.3, -0.25) is 4.90 Å². The number of methoxy groups -OCH3 is 1. The van der Waals surface area contributed by atoms with Gasteiger partial charge in [0.2, 0.25) is 0 Å². The molecule has 3 aliphatic rings. The highest BCUT2D eigenvalue weighted by Crippen LogP contribution is 2.30. The Morgan fingerprint density at radius 1 is 0.810 bits per heavy atom. The van der Waals surface area contributed by atoms with Crippen LogP contribution in [-0.2, 0) is 13.0 Å². The van der Waals surface area contributed by atoms with Gasteiger partial charge in [-0.2, -0.15) is 5.10 Å². The molecular weight excluding hydrogens is 591 g/mol. The topological polar surface area (TPSA) is 56.8 Å². The van der Waals surface area contributed by atoms with Crippen molar-refractivity contribution in [3.05, 3.63) is 53.7 Å². The summed E-state index contributed by atoms with van der Waals surface area (Å²) in [4.78, 5) is 7.90. The Kier molecular flexibility index (Phi) is 13.3. The van der Waals surface area contributed by atoms with E-state index in [1.807, 2.05) is 6.07 Å². The van der Waals surface area contributed by atoms with Gasteiger partial charge in [0.1, 0.15) is 5.75 Å². The van der Waals surface area contributed by atoms with Crippen molar-refractivity contribution >= 4 is 59.5 Å². The first-order valence-electron chi connectivity index (χ1n) is 15.1. The number of hydrogen-bond donors (Lipinski definition) is 1. The summed E-state index contributed by atoms with van der Waals surface area (Å²) in [6, 6.07) is 16.8. The molecule has 0 aliphatic carbocycles. The van der Waals surface area contributed by atoms with E-state index in [1.165, 1.54) is 63.1 Å². The molecule has 3 aliphatic heterocycles. The zero-order chi connectivity index (χ0) is 26.6. The third kappa shape index (κ3) is 7.92. The maximum Gasteiger partial charge on any atom is 0.156 e. The monoisotopic (exact) mass is 636 g/mol. The van der Waals surface area contributed by atoms with E-state index >= 15 is 0 Å². The van der Waals surface area contributed by atoms with Crippen LogP contribution in [0.5, 0.6) is 5.75 Å². The first-order chi connectivity index (χ1) is 19.2. The minimum atomic E-state index is 0. The van der Waals surface area contributed by atoms with Crippen LogP contribution in [0.3, 0.4) is 0 Å². The number of aromatic nitrogens is 2. The minimum Gasteiger partial charge on any atom is -0.497 e. The van der Waals surface area contributed by atoms with Gasteiger partial charge >= 0.3 is 0 Å². The molecule has 1 N–H and O–H groups in total. The summed E-state index contributed by atoms with van der Waals surface area (Å²) in [5.41, 5.74) is 3.84. The first-order valence-corrected chi connectivity index (χ1v) is 15.1. The van der Waals surface area contributed by atoms with Crippen molar-refractivity contribution in [3.8, 4) is 5.75 Å². The number of likely N-dealkylation sites (tertiary alicyclic amines) is 2. The molecular formula is C32H47Cl3N6O. The number of nitrogens with zero attached hydrogens (tertiary/aromatic N) is 5. The van der Waals surface area contributed by atoms with E-state index in [0.717, 1.165) is 73.0 Å². The van der Waals surface area contributed by atoms with Gasteiger partial charge in [0.25, 0.3) is 0 Å². The average Bonchev–Trinajstić information content (AvgIpc) is 3.54. The van der Waals surface area contributed by atoms with Crippen LogP contribution in [0.25, 0.3) is 10.8 Å². The van der Waals surface area contributed by atoms with Gasteiger partial charge in [0, 0.05) is 61.3 Å². The molecule has 0 atom stereocenters. The van der Waals surface area contributed by atoms with Gasteiger partial charge in [-0.15, -0.1) is 42.3 Å². The quantitative estimate of drug-likeness (QED) is 0.298. The van der Waals surface area contributed by atoms with Crippen LogP contribution in [0.15, 0.2) is 42.5 Å². The summed E-state index contributed by atoms with van der Waals surface area (Å²) < 4.78 is 5.49. The predicted molar refractivity (Wildman–Crippen MR) is 182 cm³/mol. The van der Waals surface area contributed by atoms with Crippen molar-refractivity contribution in [1.29, 1.82) is 0 Å². The molecule has 0 bridgehead atoms. The second-order valence-electron chi connectivity index (χ2n) is 11.6. The van der Waals surface area contributed by atoms with Gasteiger partial charge in [-0.05, 0) is 93.9 Å². The second-order valence-corrected chi connectivity index (χ2v) is 11.6. The Bertz CT molecular complexity index is 1240.